The van der Waals surface area contributed by atoms with E-state index in [1.807, 2.05) is 30.3 Å². The molecular formula is C18H26N6O. The van der Waals surface area contributed by atoms with Gasteiger partial charge in [0, 0.05) is 56.2 Å². The Morgan fingerprint density at radius 2 is 2.08 bits per heavy atom. The van der Waals surface area contributed by atoms with Gasteiger partial charge in [-0.1, -0.05) is 12.1 Å². The summed E-state index contributed by atoms with van der Waals surface area (Å²) in [7, 11) is 2.14. The van der Waals surface area contributed by atoms with Crippen LogP contribution >= 0.6 is 0 Å². The summed E-state index contributed by atoms with van der Waals surface area (Å²) in [6.07, 6.45) is 1.71. The minimum atomic E-state index is -0.178. The third kappa shape index (κ3) is 4.80. The van der Waals surface area contributed by atoms with E-state index in [1.54, 1.807) is 6.20 Å². The van der Waals surface area contributed by atoms with Crippen LogP contribution in [0.15, 0.2) is 36.5 Å². The van der Waals surface area contributed by atoms with E-state index in [-0.39, 0.29) is 6.03 Å². The number of carbonyl (C=O) groups excluding carboxylic acids is 1. The molecule has 25 heavy (non-hydrogen) atoms. The lowest BCUT2D eigenvalue weighted by Gasteiger charge is -2.36. The summed E-state index contributed by atoms with van der Waals surface area (Å²) >= 11 is 0. The number of carbonyl (C=O) groups is 1. The summed E-state index contributed by atoms with van der Waals surface area (Å²) in [4.78, 5) is 16.9. The lowest BCUT2D eigenvalue weighted by atomic mass is 10.1. The molecule has 1 aromatic heterocycles. The highest BCUT2D eigenvalue weighted by atomic mass is 16.2. The largest absolute Gasteiger partial charge is 0.336 e. The molecule has 0 aliphatic carbocycles. The molecule has 1 aromatic carbocycles. The number of amides is 2. The van der Waals surface area contributed by atoms with Crippen molar-refractivity contribution >= 4 is 11.7 Å². The molecule has 0 bridgehead atoms. The maximum atomic E-state index is 12.2. The number of aromatic amines is 1. The molecule has 0 radical (unpaired) electrons. The summed E-state index contributed by atoms with van der Waals surface area (Å²) in [5.41, 5.74) is 2.67. The van der Waals surface area contributed by atoms with Gasteiger partial charge in [-0.25, -0.2) is 4.79 Å². The zero-order valence-corrected chi connectivity index (χ0v) is 14.8. The minimum absolute atomic E-state index is 0.178. The first-order chi connectivity index (χ1) is 12.1. The second kappa shape index (κ2) is 8.13. The maximum absolute atomic E-state index is 12.2. The summed E-state index contributed by atoms with van der Waals surface area (Å²) in [5.74, 6) is 0. The molecule has 2 aromatic rings. The van der Waals surface area contributed by atoms with Crippen LogP contribution in [-0.2, 0) is 0 Å². The fourth-order valence-corrected chi connectivity index (χ4v) is 2.99. The Balaban J connectivity index is 1.48. The maximum Gasteiger partial charge on any atom is 0.319 e. The third-order valence-corrected chi connectivity index (χ3v) is 4.65. The Morgan fingerprint density at radius 3 is 2.80 bits per heavy atom. The zero-order chi connectivity index (χ0) is 17.6. The van der Waals surface area contributed by atoms with Gasteiger partial charge in [0.1, 0.15) is 0 Å². The highest BCUT2D eigenvalue weighted by Gasteiger charge is 2.19. The van der Waals surface area contributed by atoms with E-state index in [1.165, 1.54) is 0 Å². The molecule has 1 fully saturated rings. The number of benzene rings is 1. The van der Waals surface area contributed by atoms with Gasteiger partial charge in [0.15, 0.2) is 0 Å². The molecule has 2 amide bonds. The van der Waals surface area contributed by atoms with Gasteiger partial charge in [-0.3, -0.25) is 10.00 Å². The fourth-order valence-electron chi connectivity index (χ4n) is 2.99. The zero-order valence-electron chi connectivity index (χ0n) is 14.8. The van der Waals surface area contributed by atoms with Crippen molar-refractivity contribution in [3.05, 3.63) is 36.5 Å². The molecule has 7 heteroatoms. The lowest BCUT2D eigenvalue weighted by Crippen LogP contribution is -2.51. The van der Waals surface area contributed by atoms with Crippen LogP contribution in [0, 0.1) is 0 Å². The highest BCUT2D eigenvalue weighted by Crippen LogP contribution is 2.20. The van der Waals surface area contributed by atoms with Crippen LogP contribution in [0.2, 0.25) is 0 Å². The van der Waals surface area contributed by atoms with Gasteiger partial charge in [-0.15, -0.1) is 0 Å². The number of nitrogens with one attached hydrogen (secondary N) is 3. The van der Waals surface area contributed by atoms with Gasteiger partial charge >= 0.3 is 6.03 Å². The predicted octanol–water partition coefficient (Wildman–Crippen LogP) is 1.83. The van der Waals surface area contributed by atoms with Crippen molar-refractivity contribution < 1.29 is 4.79 Å². The smallest absolute Gasteiger partial charge is 0.319 e. The van der Waals surface area contributed by atoms with Crippen molar-refractivity contribution in [3.63, 3.8) is 0 Å². The number of piperazine rings is 1. The van der Waals surface area contributed by atoms with Crippen molar-refractivity contribution in [3.8, 4) is 11.3 Å². The van der Waals surface area contributed by atoms with Crippen LogP contribution in [0.1, 0.15) is 6.92 Å². The van der Waals surface area contributed by atoms with Crippen molar-refractivity contribution in [2.24, 2.45) is 0 Å². The van der Waals surface area contributed by atoms with Crippen LogP contribution < -0.4 is 10.6 Å². The van der Waals surface area contributed by atoms with Crippen molar-refractivity contribution in [1.29, 1.82) is 0 Å². The first-order valence-corrected chi connectivity index (χ1v) is 8.69. The van der Waals surface area contributed by atoms with E-state index in [0.717, 1.165) is 43.1 Å². The molecule has 134 valence electrons. The Kier molecular flexibility index (Phi) is 5.67. The number of aromatic nitrogens is 2. The molecule has 0 spiro atoms. The van der Waals surface area contributed by atoms with E-state index >= 15 is 0 Å². The van der Waals surface area contributed by atoms with E-state index in [4.69, 9.17) is 0 Å². The molecule has 7 nitrogen and oxygen atoms in total. The van der Waals surface area contributed by atoms with E-state index < -0.39 is 0 Å². The summed E-state index contributed by atoms with van der Waals surface area (Å²) in [5, 5.41) is 12.7. The number of hydrogen-bond acceptors (Lipinski definition) is 4. The molecule has 3 N–H and O–H groups in total. The number of anilines is 1. The van der Waals surface area contributed by atoms with E-state index in [0.29, 0.717) is 12.6 Å². The van der Waals surface area contributed by atoms with Gasteiger partial charge in [0.2, 0.25) is 0 Å². The average Bonchev–Trinajstić information content (AvgIpc) is 3.15. The Bertz CT molecular complexity index is 679. The number of likely N-dealkylation sites (N-methyl/N-ethyl adjacent to an activating group) is 1. The molecule has 1 atom stereocenters. The number of nitrogens with zero attached hydrogens (tertiary/aromatic N) is 3. The summed E-state index contributed by atoms with van der Waals surface area (Å²) in [6, 6.07) is 9.75. The molecular weight excluding hydrogens is 316 g/mol. The molecule has 1 saturated heterocycles. The highest BCUT2D eigenvalue weighted by molar-refractivity contribution is 5.90. The summed E-state index contributed by atoms with van der Waals surface area (Å²) < 4.78 is 0. The molecule has 0 saturated carbocycles. The van der Waals surface area contributed by atoms with Crippen LogP contribution in [0.3, 0.4) is 0 Å². The van der Waals surface area contributed by atoms with Gasteiger partial charge in [-0.05, 0) is 32.2 Å². The van der Waals surface area contributed by atoms with E-state index in [2.05, 4.69) is 44.6 Å². The van der Waals surface area contributed by atoms with E-state index in [9.17, 15) is 4.79 Å². The molecule has 1 aliphatic heterocycles. The number of rotatable bonds is 5. The summed E-state index contributed by atoms with van der Waals surface area (Å²) in [6.45, 7) is 7.05. The predicted molar refractivity (Wildman–Crippen MR) is 99.6 cm³/mol. The number of urea groups is 1. The second-order valence-corrected chi connectivity index (χ2v) is 6.57. The van der Waals surface area contributed by atoms with Crippen molar-refractivity contribution in [1.82, 2.24) is 25.3 Å². The minimum Gasteiger partial charge on any atom is -0.336 e. The Morgan fingerprint density at radius 1 is 1.28 bits per heavy atom. The van der Waals surface area contributed by atoms with Crippen LogP contribution in [0.25, 0.3) is 11.3 Å². The quantitative estimate of drug-likeness (QED) is 0.775. The normalized spacial score (nSPS) is 17.2. The fraction of sp³-hybridized carbons (Fsp3) is 0.444. The molecule has 2 heterocycles. The first kappa shape index (κ1) is 17.4. The number of H-pyrrole nitrogens is 1. The van der Waals surface area contributed by atoms with Gasteiger partial charge in [0.25, 0.3) is 0 Å². The molecule has 3 rings (SSSR count). The van der Waals surface area contributed by atoms with Crippen LogP contribution in [0.4, 0.5) is 10.5 Å². The van der Waals surface area contributed by atoms with Gasteiger partial charge < -0.3 is 15.5 Å². The van der Waals surface area contributed by atoms with Gasteiger partial charge in [-0.2, -0.15) is 5.10 Å². The lowest BCUT2D eigenvalue weighted by molar-refractivity contribution is 0.119. The van der Waals surface area contributed by atoms with Crippen molar-refractivity contribution in [2.45, 2.75) is 13.0 Å². The Labute approximate surface area is 148 Å². The number of hydrogen-bond donors (Lipinski definition) is 3. The van der Waals surface area contributed by atoms with Crippen LogP contribution in [0.5, 0.6) is 0 Å². The average molecular weight is 342 g/mol. The standard InChI is InChI=1S/C18H26N6O/c1-14(24-10-8-23(2)9-11-24)13-19-18(25)21-16-5-3-4-15(12-16)17-6-7-20-22-17/h3-7,12,14H,8-11,13H2,1-2H3,(H,20,22)(H2,19,21,25). The monoisotopic (exact) mass is 342 g/mol. The Hall–Kier alpha value is -2.38. The SMILES string of the molecule is CC(CNC(=O)Nc1cccc(-c2ccn[nH]2)c1)N1CCN(C)CC1. The van der Waals surface area contributed by atoms with Gasteiger partial charge in [0.05, 0.1) is 5.69 Å². The third-order valence-electron chi connectivity index (χ3n) is 4.65. The van der Waals surface area contributed by atoms with Crippen LogP contribution in [-0.4, -0.2) is 71.8 Å². The topological polar surface area (TPSA) is 76.3 Å². The first-order valence-electron chi connectivity index (χ1n) is 8.69. The second-order valence-electron chi connectivity index (χ2n) is 6.57. The molecule has 1 unspecified atom stereocenters. The van der Waals surface area contributed by atoms with Crippen molar-refractivity contribution in [2.75, 3.05) is 45.1 Å². The molecule has 1 aliphatic rings.